The van der Waals surface area contributed by atoms with Crippen LogP contribution in [0.25, 0.3) is 6.08 Å². The SMILES string of the molecule is COc1cc(/C=C2/SC(=O)N(CC(=O)Nc3cc(C)ccc3C)C2=O)cc(I)c1OCc1ccccc1F. The normalized spacial score (nSPS) is 14.2. The molecule has 4 rings (SSSR count). The van der Waals surface area contributed by atoms with Gasteiger partial charge in [-0.25, -0.2) is 4.39 Å². The van der Waals surface area contributed by atoms with E-state index >= 15 is 0 Å². The number of amides is 3. The Morgan fingerprint density at radius 3 is 2.63 bits per heavy atom. The van der Waals surface area contributed by atoms with E-state index in [4.69, 9.17) is 9.47 Å². The van der Waals surface area contributed by atoms with Gasteiger partial charge in [0.05, 0.1) is 15.6 Å². The van der Waals surface area contributed by atoms with Crippen LogP contribution >= 0.6 is 34.4 Å². The lowest BCUT2D eigenvalue weighted by Gasteiger charge is -2.14. The predicted octanol–water partition coefficient (Wildman–Crippen LogP) is 6.31. The van der Waals surface area contributed by atoms with Crippen LogP contribution in [0.5, 0.6) is 11.5 Å². The fourth-order valence-corrected chi connectivity index (χ4v) is 5.34. The van der Waals surface area contributed by atoms with E-state index in [1.807, 2.05) is 32.0 Å². The zero-order chi connectivity index (χ0) is 27.4. The number of rotatable bonds is 8. The third kappa shape index (κ3) is 6.36. The monoisotopic (exact) mass is 646 g/mol. The van der Waals surface area contributed by atoms with E-state index in [1.54, 1.807) is 36.4 Å². The van der Waals surface area contributed by atoms with Crippen LogP contribution in [0.3, 0.4) is 0 Å². The highest BCUT2D eigenvalue weighted by Gasteiger charge is 2.36. The minimum atomic E-state index is -0.551. The molecule has 38 heavy (non-hydrogen) atoms. The smallest absolute Gasteiger partial charge is 0.294 e. The van der Waals surface area contributed by atoms with Crippen molar-refractivity contribution in [2.75, 3.05) is 19.0 Å². The quantitative estimate of drug-likeness (QED) is 0.228. The fourth-order valence-electron chi connectivity index (χ4n) is 3.72. The Hall–Kier alpha value is -3.38. The zero-order valence-electron chi connectivity index (χ0n) is 20.8. The van der Waals surface area contributed by atoms with Gasteiger partial charge in [-0.2, -0.15) is 0 Å². The number of hydrogen-bond acceptors (Lipinski definition) is 6. The number of anilines is 1. The van der Waals surface area contributed by atoms with Crippen molar-refractivity contribution in [3.63, 3.8) is 0 Å². The number of benzene rings is 3. The van der Waals surface area contributed by atoms with Crippen molar-refractivity contribution in [1.82, 2.24) is 4.90 Å². The first-order valence-corrected chi connectivity index (χ1v) is 13.4. The molecule has 196 valence electrons. The maximum Gasteiger partial charge on any atom is 0.294 e. The van der Waals surface area contributed by atoms with Crippen molar-refractivity contribution in [2.45, 2.75) is 20.5 Å². The Labute approximate surface area is 237 Å². The van der Waals surface area contributed by atoms with E-state index < -0.39 is 17.1 Å². The van der Waals surface area contributed by atoms with Crippen LogP contribution in [0, 0.1) is 23.2 Å². The molecule has 0 saturated carbocycles. The highest BCUT2D eigenvalue weighted by Crippen LogP contribution is 2.37. The fraction of sp³-hybridized carbons (Fsp3) is 0.179. The lowest BCUT2D eigenvalue weighted by molar-refractivity contribution is -0.127. The van der Waals surface area contributed by atoms with Crippen LogP contribution in [-0.2, 0) is 16.2 Å². The van der Waals surface area contributed by atoms with E-state index in [9.17, 15) is 18.8 Å². The largest absolute Gasteiger partial charge is 0.493 e. The van der Waals surface area contributed by atoms with Crippen molar-refractivity contribution < 1.29 is 28.2 Å². The van der Waals surface area contributed by atoms with Gasteiger partial charge in [-0.15, -0.1) is 0 Å². The summed E-state index contributed by atoms with van der Waals surface area (Å²) in [4.78, 5) is 39.2. The van der Waals surface area contributed by atoms with E-state index in [0.717, 1.165) is 27.8 Å². The van der Waals surface area contributed by atoms with Crippen molar-refractivity contribution in [1.29, 1.82) is 0 Å². The van der Waals surface area contributed by atoms with E-state index in [1.165, 1.54) is 13.2 Å². The lowest BCUT2D eigenvalue weighted by Crippen LogP contribution is -2.36. The molecule has 1 saturated heterocycles. The van der Waals surface area contributed by atoms with Crippen molar-refractivity contribution >= 4 is 63.2 Å². The molecule has 0 unspecified atom stereocenters. The van der Waals surface area contributed by atoms with Crippen LogP contribution in [0.1, 0.15) is 22.3 Å². The first-order valence-electron chi connectivity index (χ1n) is 11.5. The molecule has 0 atom stereocenters. The second-order valence-electron chi connectivity index (χ2n) is 8.55. The topological polar surface area (TPSA) is 84.9 Å². The standard InChI is InChI=1S/C28H24FIN2O5S/c1-16-8-9-17(2)22(10-16)31-25(33)14-32-27(34)24(38-28(32)35)13-18-11-21(30)26(23(12-18)36-3)37-15-19-6-4-5-7-20(19)29/h4-13H,14-15H2,1-3H3,(H,31,33)/b24-13+. The van der Waals surface area contributed by atoms with Crippen LogP contribution in [-0.4, -0.2) is 35.6 Å². The molecule has 1 fully saturated rings. The molecule has 1 heterocycles. The highest BCUT2D eigenvalue weighted by atomic mass is 127. The number of halogens is 2. The molecule has 1 N–H and O–H groups in total. The summed E-state index contributed by atoms with van der Waals surface area (Å²) in [5.41, 5.74) is 3.51. The molecular weight excluding hydrogens is 622 g/mol. The first-order chi connectivity index (χ1) is 18.2. The second kappa shape index (κ2) is 12.0. The van der Waals surface area contributed by atoms with E-state index in [2.05, 4.69) is 27.9 Å². The average molecular weight is 646 g/mol. The van der Waals surface area contributed by atoms with Crippen molar-refractivity contribution in [3.8, 4) is 11.5 Å². The molecule has 0 aromatic heterocycles. The van der Waals surface area contributed by atoms with Gasteiger partial charge in [-0.1, -0.05) is 30.3 Å². The van der Waals surface area contributed by atoms with Gasteiger partial charge in [-0.3, -0.25) is 19.3 Å². The minimum absolute atomic E-state index is 0.0153. The summed E-state index contributed by atoms with van der Waals surface area (Å²) in [5, 5.41) is 2.25. The number of imide groups is 1. The van der Waals surface area contributed by atoms with Crippen molar-refractivity contribution in [3.05, 3.63) is 91.1 Å². The minimum Gasteiger partial charge on any atom is -0.493 e. The van der Waals surface area contributed by atoms with E-state index in [0.29, 0.717) is 31.9 Å². The number of nitrogens with zero attached hydrogens (tertiary/aromatic N) is 1. The Bertz CT molecular complexity index is 1460. The summed E-state index contributed by atoms with van der Waals surface area (Å²) in [6.07, 6.45) is 1.57. The zero-order valence-corrected chi connectivity index (χ0v) is 23.8. The number of carbonyl (C=O) groups excluding carboxylic acids is 3. The third-order valence-corrected chi connectivity index (χ3v) is 7.43. The average Bonchev–Trinajstić information content (AvgIpc) is 3.13. The molecule has 0 spiro atoms. The maximum atomic E-state index is 14.0. The third-order valence-electron chi connectivity index (χ3n) is 5.72. The first kappa shape index (κ1) is 27.6. The molecule has 0 radical (unpaired) electrons. The summed E-state index contributed by atoms with van der Waals surface area (Å²) in [6, 6.07) is 15.4. The van der Waals surface area contributed by atoms with Crippen molar-refractivity contribution in [2.24, 2.45) is 0 Å². The summed E-state index contributed by atoms with van der Waals surface area (Å²) in [5.74, 6) is -0.548. The molecule has 3 amide bonds. The predicted molar refractivity (Wildman–Crippen MR) is 154 cm³/mol. The summed E-state index contributed by atoms with van der Waals surface area (Å²) in [6.45, 7) is 3.40. The molecule has 3 aromatic carbocycles. The van der Waals surface area contributed by atoms with Gasteiger partial charge in [0.1, 0.15) is 19.0 Å². The number of methoxy groups -OCH3 is 1. The van der Waals surface area contributed by atoms with Crippen LogP contribution < -0.4 is 14.8 Å². The second-order valence-corrected chi connectivity index (χ2v) is 10.7. The van der Waals surface area contributed by atoms with Gasteiger partial charge >= 0.3 is 0 Å². The molecule has 10 heteroatoms. The molecule has 7 nitrogen and oxygen atoms in total. The molecule has 0 bridgehead atoms. The van der Waals surface area contributed by atoms with Gasteiger partial charge in [0.15, 0.2) is 11.5 Å². The van der Waals surface area contributed by atoms with Crippen LogP contribution in [0.4, 0.5) is 14.9 Å². The molecular formula is C28H24FIN2O5S. The molecule has 0 aliphatic carbocycles. The van der Waals surface area contributed by atoms with E-state index in [-0.39, 0.29) is 23.9 Å². The van der Waals surface area contributed by atoms with Crippen LogP contribution in [0.2, 0.25) is 0 Å². The number of hydrogen-bond donors (Lipinski definition) is 1. The number of aryl methyl sites for hydroxylation is 2. The Kier molecular flexibility index (Phi) is 8.72. The number of nitrogens with one attached hydrogen (secondary N) is 1. The summed E-state index contributed by atoms with van der Waals surface area (Å²) < 4.78 is 26.0. The number of carbonyl (C=O) groups is 3. The Morgan fingerprint density at radius 1 is 1.13 bits per heavy atom. The lowest BCUT2D eigenvalue weighted by atomic mass is 10.1. The highest BCUT2D eigenvalue weighted by molar-refractivity contribution is 14.1. The van der Waals surface area contributed by atoms with Gasteiger partial charge in [0.25, 0.3) is 11.1 Å². The number of thioether (sulfide) groups is 1. The Morgan fingerprint density at radius 2 is 1.89 bits per heavy atom. The van der Waals surface area contributed by atoms with Gasteiger partial charge in [-0.05, 0) is 95.2 Å². The van der Waals surface area contributed by atoms with Crippen LogP contribution in [0.15, 0.2) is 59.5 Å². The van der Waals surface area contributed by atoms with Gasteiger partial charge < -0.3 is 14.8 Å². The van der Waals surface area contributed by atoms with Gasteiger partial charge in [0, 0.05) is 11.3 Å². The van der Waals surface area contributed by atoms with Gasteiger partial charge in [0.2, 0.25) is 5.91 Å². The maximum absolute atomic E-state index is 14.0. The molecule has 1 aliphatic rings. The molecule has 1 aliphatic heterocycles. The Balaban J connectivity index is 1.48. The summed E-state index contributed by atoms with van der Waals surface area (Å²) >= 11 is 2.83. The number of ether oxygens (including phenoxy) is 2. The molecule has 3 aromatic rings. The summed E-state index contributed by atoms with van der Waals surface area (Å²) in [7, 11) is 1.48.